The van der Waals surface area contributed by atoms with Crippen LogP contribution in [0, 0.1) is 0 Å². The minimum Gasteiger partial charge on any atom is -0.477 e. The van der Waals surface area contributed by atoms with Crippen LogP contribution in [0.25, 0.3) is 0 Å². The predicted molar refractivity (Wildman–Crippen MR) is 158 cm³/mol. The molecule has 1 saturated heterocycles. The molecule has 19 heteroatoms. The third kappa shape index (κ3) is 7.33. The van der Waals surface area contributed by atoms with E-state index < -0.39 is 62.2 Å². The Labute approximate surface area is 260 Å². The maximum atomic E-state index is 13.5. The molecule has 2 aromatic rings. The number of carbonyl (C=O) groups excluding carboxylic acids is 3. The summed E-state index contributed by atoms with van der Waals surface area (Å²) >= 11 is 2.49. The fraction of sp³-hybridized carbons (Fsp3) is 0.480. The van der Waals surface area contributed by atoms with Gasteiger partial charge in [-0.2, -0.15) is 0 Å². The number of thioether (sulfide) groups is 2. The molecule has 4 atom stereocenters. The minimum atomic E-state index is -3.82. The van der Waals surface area contributed by atoms with Gasteiger partial charge in [-0.25, -0.2) is 22.7 Å². The Hall–Kier alpha value is -3.68. The van der Waals surface area contributed by atoms with Crippen LogP contribution in [0.3, 0.4) is 0 Å². The summed E-state index contributed by atoms with van der Waals surface area (Å²) in [6, 6.07) is 2.84. The van der Waals surface area contributed by atoms with Gasteiger partial charge in [0.25, 0.3) is 5.91 Å². The maximum absolute atomic E-state index is 13.5. The number of tetrazole rings is 1. The van der Waals surface area contributed by atoms with E-state index in [1.807, 2.05) is 0 Å². The molecule has 1 aromatic carbocycles. The number of aliphatic hydroxyl groups is 1. The van der Waals surface area contributed by atoms with Crippen LogP contribution in [0.4, 0.5) is 4.79 Å². The molecule has 0 spiro atoms. The van der Waals surface area contributed by atoms with Gasteiger partial charge in [0.05, 0.1) is 0 Å². The first-order chi connectivity index (χ1) is 20.5. The number of carboxylic acids is 1. The summed E-state index contributed by atoms with van der Waals surface area (Å²) in [7, 11) is -2.18. The lowest BCUT2D eigenvalue weighted by molar-refractivity contribution is -0.151. The van der Waals surface area contributed by atoms with Gasteiger partial charge in [0.2, 0.25) is 11.1 Å². The molecule has 238 valence electrons. The van der Waals surface area contributed by atoms with Crippen LogP contribution in [-0.2, 0) is 36.0 Å². The fourth-order valence-corrected chi connectivity index (χ4v) is 7.34. The second-order valence-corrected chi connectivity index (χ2v) is 15.1. The molecule has 16 nitrogen and oxygen atoms in total. The standard InChI is InChI=1S/C25H31N7O9S3/c1-25(2,3)41-24(38)27-15(12-6-8-13(9-7-12)22(37)44(5,39)40)18(33)26-16-19(34)32-17(21(35)36)14(10-42-20(16)32)11-43-23-28-29-30-31(23)4/h6-9,15-16,20,22,37H,10-11H2,1-5H3,(H,26,33)(H,27,38)(H,35,36). The number of benzene rings is 1. The molecule has 1 aromatic heterocycles. The van der Waals surface area contributed by atoms with Gasteiger partial charge in [-0.15, -0.1) is 16.9 Å². The number of rotatable bonds is 10. The molecule has 2 aliphatic rings. The lowest BCUT2D eigenvalue weighted by Crippen LogP contribution is -2.71. The van der Waals surface area contributed by atoms with Gasteiger partial charge in [-0.3, -0.25) is 14.5 Å². The molecule has 0 aliphatic carbocycles. The number of nitrogens with zero attached hydrogens (tertiary/aromatic N) is 5. The quantitative estimate of drug-likeness (QED) is 0.198. The van der Waals surface area contributed by atoms with E-state index >= 15 is 0 Å². The van der Waals surface area contributed by atoms with Crippen LogP contribution in [0.5, 0.6) is 0 Å². The summed E-state index contributed by atoms with van der Waals surface area (Å²) in [5.41, 5.74) is -2.10. The Morgan fingerprint density at radius 2 is 1.84 bits per heavy atom. The fourth-order valence-electron chi connectivity index (χ4n) is 4.35. The summed E-state index contributed by atoms with van der Waals surface area (Å²) in [5, 5.41) is 36.0. The van der Waals surface area contributed by atoms with E-state index in [1.165, 1.54) is 52.5 Å². The largest absolute Gasteiger partial charge is 0.477 e. The molecule has 4 unspecified atom stereocenters. The Balaban J connectivity index is 1.53. The molecule has 3 amide bonds. The highest BCUT2D eigenvalue weighted by Gasteiger charge is 2.54. The zero-order valence-corrected chi connectivity index (χ0v) is 26.7. The molecule has 4 rings (SSSR count). The zero-order valence-electron chi connectivity index (χ0n) is 24.2. The van der Waals surface area contributed by atoms with Crippen LogP contribution in [0.15, 0.2) is 40.7 Å². The highest BCUT2D eigenvalue weighted by molar-refractivity contribution is 8.01. The summed E-state index contributed by atoms with van der Waals surface area (Å²) in [6.07, 6.45) is -0.0566. The van der Waals surface area contributed by atoms with Crippen molar-refractivity contribution in [3.8, 4) is 0 Å². The SMILES string of the molecule is Cn1nnnc1SCC1=C(C(=O)O)N2C(=O)C(NC(=O)C(NC(=O)OC(C)(C)C)c3ccc(C(O)S(C)(=O)=O)cc3)C2SC1. The second kappa shape index (κ2) is 12.7. The van der Waals surface area contributed by atoms with E-state index in [0.717, 1.165) is 11.2 Å². The lowest BCUT2D eigenvalue weighted by Gasteiger charge is -2.49. The number of aromatic nitrogens is 4. The van der Waals surface area contributed by atoms with Gasteiger partial charge in [-0.05, 0) is 47.9 Å². The van der Waals surface area contributed by atoms with E-state index in [2.05, 4.69) is 26.2 Å². The van der Waals surface area contributed by atoms with Crippen molar-refractivity contribution in [2.45, 2.75) is 54.4 Å². The van der Waals surface area contributed by atoms with Crippen LogP contribution >= 0.6 is 23.5 Å². The molecule has 44 heavy (non-hydrogen) atoms. The van der Waals surface area contributed by atoms with Gasteiger partial charge in [0, 0.05) is 24.8 Å². The van der Waals surface area contributed by atoms with Crippen LogP contribution in [-0.4, -0.2) is 102 Å². The number of aliphatic carboxylic acids is 1. The Morgan fingerprint density at radius 3 is 2.39 bits per heavy atom. The van der Waals surface area contributed by atoms with Crippen molar-refractivity contribution in [1.29, 1.82) is 0 Å². The molecule has 3 heterocycles. The summed E-state index contributed by atoms with van der Waals surface area (Å²) in [5.74, 6) is -2.23. The zero-order chi connectivity index (χ0) is 32.6. The average Bonchev–Trinajstić information content (AvgIpc) is 3.35. The first-order valence-electron chi connectivity index (χ1n) is 13.0. The maximum Gasteiger partial charge on any atom is 0.408 e. The van der Waals surface area contributed by atoms with Crippen molar-refractivity contribution in [3.05, 3.63) is 46.7 Å². The Kier molecular flexibility index (Phi) is 9.62. The first-order valence-corrected chi connectivity index (χ1v) is 17.0. The number of β-lactam (4-membered cyclic amide) rings is 1. The van der Waals surface area contributed by atoms with Gasteiger partial charge < -0.3 is 25.6 Å². The number of ether oxygens (including phenoxy) is 1. The molecule has 2 aliphatic heterocycles. The molecular weight excluding hydrogens is 639 g/mol. The highest BCUT2D eigenvalue weighted by atomic mass is 32.2. The monoisotopic (exact) mass is 669 g/mol. The molecule has 0 radical (unpaired) electrons. The van der Waals surface area contributed by atoms with E-state index in [4.69, 9.17) is 4.74 Å². The van der Waals surface area contributed by atoms with Crippen molar-refractivity contribution < 1.29 is 42.5 Å². The molecule has 0 saturated carbocycles. The molecule has 4 N–H and O–H groups in total. The van der Waals surface area contributed by atoms with Gasteiger partial charge in [0.15, 0.2) is 15.3 Å². The number of hydrogen-bond acceptors (Lipinski definition) is 13. The third-order valence-electron chi connectivity index (χ3n) is 6.39. The van der Waals surface area contributed by atoms with Crippen LogP contribution < -0.4 is 10.6 Å². The summed E-state index contributed by atoms with van der Waals surface area (Å²) in [4.78, 5) is 52.7. The number of aliphatic hydroxyl groups excluding tert-OH is 1. The Morgan fingerprint density at radius 1 is 1.20 bits per heavy atom. The second-order valence-electron chi connectivity index (χ2n) is 11.0. The third-order valence-corrected chi connectivity index (χ3v) is 9.91. The molecular formula is C25H31N7O9S3. The van der Waals surface area contributed by atoms with Crippen LogP contribution in [0.1, 0.15) is 43.4 Å². The number of carbonyl (C=O) groups is 4. The van der Waals surface area contributed by atoms with Crippen LogP contribution in [0.2, 0.25) is 0 Å². The van der Waals surface area contributed by atoms with E-state index in [0.29, 0.717) is 10.7 Å². The Bertz CT molecular complexity index is 1600. The normalized spacial score (nSPS) is 19.9. The average molecular weight is 670 g/mol. The number of hydrogen-bond donors (Lipinski definition) is 4. The number of nitrogens with one attached hydrogen (secondary N) is 2. The summed E-state index contributed by atoms with van der Waals surface area (Å²) in [6.45, 7) is 4.90. The molecule has 0 bridgehead atoms. The van der Waals surface area contributed by atoms with E-state index in [9.17, 15) is 37.8 Å². The summed E-state index contributed by atoms with van der Waals surface area (Å²) < 4.78 is 30.2. The number of alkyl carbamates (subject to hydrolysis) is 1. The van der Waals surface area contributed by atoms with Gasteiger partial charge in [-0.1, -0.05) is 36.0 Å². The van der Waals surface area contributed by atoms with Gasteiger partial charge in [0.1, 0.15) is 28.8 Å². The number of amides is 3. The number of fused-ring (bicyclic) bond motifs is 1. The predicted octanol–water partition coefficient (Wildman–Crippen LogP) is 0.342. The number of aryl methyl sites for hydroxylation is 1. The van der Waals surface area contributed by atoms with Crippen molar-refractivity contribution in [1.82, 2.24) is 35.7 Å². The van der Waals surface area contributed by atoms with Crippen molar-refractivity contribution >= 4 is 57.2 Å². The van der Waals surface area contributed by atoms with E-state index in [-0.39, 0.29) is 28.3 Å². The van der Waals surface area contributed by atoms with Gasteiger partial charge >= 0.3 is 12.1 Å². The number of carboxylic acid groups (broad SMARTS) is 1. The smallest absolute Gasteiger partial charge is 0.408 e. The topological polar surface area (TPSA) is 223 Å². The first kappa shape index (κ1) is 33.2. The number of sulfone groups is 1. The van der Waals surface area contributed by atoms with Crippen molar-refractivity contribution in [2.75, 3.05) is 17.8 Å². The van der Waals surface area contributed by atoms with E-state index in [1.54, 1.807) is 27.8 Å². The minimum absolute atomic E-state index is 0.0495. The highest BCUT2D eigenvalue weighted by Crippen LogP contribution is 2.41. The van der Waals surface area contributed by atoms with Crippen molar-refractivity contribution in [2.24, 2.45) is 7.05 Å². The lowest BCUT2D eigenvalue weighted by atomic mass is 10.0. The van der Waals surface area contributed by atoms with Crippen molar-refractivity contribution in [3.63, 3.8) is 0 Å². The molecule has 1 fully saturated rings.